The number of carbonyl (C=O) groups is 1. The molecule has 2 aromatic heterocycles. The molecule has 2 heterocycles. The Hall–Kier alpha value is -4.58. The molecule has 0 radical (unpaired) electrons. The van der Waals surface area contributed by atoms with E-state index in [1.54, 1.807) is 24.5 Å². The van der Waals surface area contributed by atoms with Crippen LogP contribution < -0.4 is 27.3 Å². The Bertz CT molecular complexity index is 1390. The summed E-state index contributed by atoms with van der Waals surface area (Å²) in [5, 5.41) is 11.2. The van der Waals surface area contributed by atoms with E-state index in [1.165, 1.54) is 5.56 Å². The van der Waals surface area contributed by atoms with Gasteiger partial charge in [0.2, 0.25) is 0 Å². The Morgan fingerprint density at radius 3 is 1.65 bits per heavy atom. The summed E-state index contributed by atoms with van der Waals surface area (Å²) in [6.45, 7) is 5.51. The highest BCUT2D eigenvalue weighted by Crippen LogP contribution is 2.07. The number of ketones is 1. The van der Waals surface area contributed by atoms with Crippen LogP contribution in [-0.4, -0.2) is 44.8 Å². The fraction of sp³-hybridized carbons (Fsp3) is 0.188. The normalized spacial score (nSPS) is 10.1. The molecule has 0 fully saturated rings. The van der Waals surface area contributed by atoms with Crippen molar-refractivity contribution < 1.29 is 4.79 Å². The molecule has 4 rings (SSSR count). The lowest BCUT2D eigenvalue weighted by Gasteiger charge is -2.09. The van der Waals surface area contributed by atoms with Gasteiger partial charge in [0.1, 0.15) is 5.69 Å². The second-order valence-corrected chi connectivity index (χ2v) is 9.53. The van der Waals surface area contributed by atoms with Crippen LogP contribution in [0.1, 0.15) is 41.2 Å². The minimum atomic E-state index is 0.0572. The first-order valence-electron chi connectivity index (χ1n) is 13.7. The number of carbonyl (C=O) groups excluding carboxylic acids is 1. The van der Waals surface area contributed by atoms with Gasteiger partial charge in [-0.3, -0.25) is 20.2 Å². The highest BCUT2D eigenvalue weighted by Gasteiger charge is 2.08. The molecule has 0 bridgehead atoms. The first-order chi connectivity index (χ1) is 21.0. The minimum absolute atomic E-state index is 0.0572. The van der Waals surface area contributed by atoms with Crippen LogP contribution in [0, 0.1) is 0 Å². The van der Waals surface area contributed by atoms with Crippen molar-refractivity contribution in [2.75, 3.05) is 13.1 Å². The average molecular weight is 615 g/mol. The topological polar surface area (TPSA) is 129 Å². The molecular weight excluding hydrogens is 577 g/mol. The third-order valence-corrected chi connectivity index (χ3v) is 5.93. The Morgan fingerprint density at radius 2 is 1.19 bits per heavy atom. The molecule has 43 heavy (non-hydrogen) atoms. The van der Waals surface area contributed by atoms with Gasteiger partial charge in [0.05, 0.1) is 11.4 Å². The van der Waals surface area contributed by atoms with Crippen LogP contribution in [0.4, 0.5) is 0 Å². The zero-order chi connectivity index (χ0) is 31.1. The van der Waals surface area contributed by atoms with Crippen molar-refractivity contribution in [3.05, 3.63) is 132 Å². The van der Waals surface area contributed by atoms with E-state index in [0.717, 1.165) is 30.1 Å². The maximum Gasteiger partial charge on any atom is 0.186 e. The summed E-state index contributed by atoms with van der Waals surface area (Å²) in [6, 6.07) is 31.0. The minimum Gasteiger partial charge on any atom is -0.362 e. The molecule has 0 saturated carbocycles. The molecule has 224 valence electrons. The van der Waals surface area contributed by atoms with Gasteiger partial charge in [0, 0.05) is 38.3 Å². The van der Waals surface area contributed by atoms with Crippen molar-refractivity contribution in [2.45, 2.75) is 26.7 Å². The van der Waals surface area contributed by atoms with Crippen molar-refractivity contribution in [1.29, 1.82) is 0 Å². The summed E-state index contributed by atoms with van der Waals surface area (Å²) in [5.74, 6) is 4.96. The van der Waals surface area contributed by atoms with E-state index < -0.39 is 0 Å². The molecule has 6 N–H and O–H groups in total. The zero-order valence-electron chi connectivity index (χ0n) is 24.4. The number of nitrogens with two attached hydrogens (primary N) is 1. The van der Waals surface area contributed by atoms with Crippen LogP contribution in [-0.2, 0) is 12.8 Å². The van der Waals surface area contributed by atoms with Crippen LogP contribution in [0.5, 0.6) is 0 Å². The van der Waals surface area contributed by atoms with E-state index in [9.17, 15) is 4.79 Å². The zero-order valence-corrected chi connectivity index (χ0v) is 26.0. The van der Waals surface area contributed by atoms with Crippen molar-refractivity contribution in [3.63, 3.8) is 0 Å². The number of rotatable bonds is 9. The first-order valence-corrected chi connectivity index (χ1v) is 14.6. The van der Waals surface area contributed by atoms with Crippen LogP contribution >= 0.6 is 24.4 Å². The molecule has 0 amide bonds. The molecule has 0 aliphatic carbocycles. The molecule has 0 unspecified atom stereocenters. The number of benzene rings is 2. The van der Waals surface area contributed by atoms with E-state index in [1.807, 2.05) is 86.6 Å². The SMILES string of the molecule is CCNC(=S)N/N=C(\Cc1ccccc1)c1ccccn1.CCNC(=S)NN.O=C(Cc1ccccc1)c1ccccn1. The molecule has 0 aliphatic rings. The van der Waals surface area contributed by atoms with Gasteiger partial charge in [-0.1, -0.05) is 72.8 Å². The van der Waals surface area contributed by atoms with Crippen LogP contribution in [0.25, 0.3) is 0 Å². The van der Waals surface area contributed by atoms with Gasteiger partial charge in [-0.25, -0.2) is 5.84 Å². The molecule has 0 atom stereocenters. The van der Waals surface area contributed by atoms with Crippen molar-refractivity contribution >= 4 is 46.2 Å². The molecule has 0 aliphatic heterocycles. The number of pyridine rings is 2. The largest absolute Gasteiger partial charge is 0.362 e. The second-order valence-electron chi connectivity index (χ2n) is 8.71. The molecule has 4 aromatic rings. The van der Waals surface area contributed by atoms with Gasteiger partial charge in [0.15, 0.2) is 16.0 Å². The van der Waals surface area contributed by atoms with Crippen molar-refractivity contribution in [3.8, 4) is 0 Å². The van der Waals surface area contributed by atoms with E-state index in [2.05, 4.69) is 60.9 Å². The average Bonchev–Trinajstić information content (AvgIpc) is 3.05. The Kier molecular flexibility index (Phi) is 17.0. The number of aromatic nitrogens is 2. The van der Waals surface area contributed by atoms with Gasteiger partial charge in [-0.15, -0.1) is 0 Å². The highest BCUT2D eigenvalue weighted by molar-refractivity contribution is 7.80. The lowest BCUT2D eigenvalue weighted by Crippen LogP contribution is -2.39. The number of nitrogens with one attached hydrogen (secondary N) is 4. The molecular formula is C32H38N8OS2. The maximum atomic E-state index is 11.8. The summed E-state index contributed by atoms with van der Waals surface area (Å²) in [5.41, 5.74) is 9.58. The number of nitrogens with zero attached hydrogens (tertiary/aromatic N) is 3. The number of hydrogen-bond acceptors (Lipinski definition) is 7. The third kappa shape index (κ3) is 14.7. The van der Waals surface area contributed by atoms with Gasteiger partial charge in [-0.05, 0) is 73.7 Å². The number of hydrazine groups is 1. The van der Waals surface area contributed by atoms with E-state index in [4.69, 9.17) is 18.1 Å². The number of hydrazone groups is 1. The first kappa shape index (κ1) is 34.6. The number of hydrogen-bond donors (Lipinski definition) is 5. The number of thiocarbonyl (C=S) groups is 2. The Balaban J connectivity index is 0.000000255. The summed E-state index contributed by atoms with van der Waals surface area (Å²) >= 11 is 9.74. The lowest BCUT2D eigenvalue weighted by atomic mass is 10.1. The summed E-state index contributed by atoms with van der Waals surface area (Å²) < 4.78 is 0. The Morgan fingerprint density at radius 1 is 0.698 bits per heavy atom. The predicted octanol–water partition coefficient (Wildman–Crippen LogP) is 4.36. The van der Waals surface area contributed by atoms with Gasteiger partial charge in [0.25, 0.3) is 0 Å². The summed E-state index contributed by atoms with van der Waals surface area (Å²) in [7, 11) is 0. The highest BCUT2D eigenvalue weighted by atomic mass is 32.1. The quantitative estimate of drug-likeness (QED) is 0.0610. The standard InChI is InChI=1S/C16H18N4S.C13H11NO.C3H9N3S/c1-2-17-16(21)20-19-15(14-10-6-7-11-18-14)12-13-8-4-3-5-9-13;15-13(12-8-4-5-9-14-12)10-11-6-2-1-3-7-11;1-2-5-3(7)6-4/h3-11H,2,12H2,1H3,(H2,17,20,21);1-9H,10H2;2,4H2,1H3,(H2,5,6,7)/b19-15+;;. The summed E-state index contributed by atoms with van der Waals surface area (Å²) in [6.07, 6.45) is 4.51. The molecule has 9 nitrogen and oxygen atoms in total. The fourth-order valence-electron chi connectivity index (χ4n) is 3.44. The Labute approximate surface area is 264 Å². The van der Waals surface area contributed by atoms with Crippen LogP contribution in [0.15, 0.2) is 115 Å². The predicted molar refractivity (Wildman–Crippen MR) is 183 cm³/mol. The van der Waals surface area contributed by atoms with Crippen molar-refractivity contribution in [1.82, 2.24) is 31.5 Å². The fourth-order valence-corrected chi connectivity index (χ4v) is 3.77. The summed E-state index contributed by atoms with van der Waals surface area (Å²) in [4.78, 5) is 20.1. The molecule has 0 spiro atoms. The smallest absolute Gasteiger partial charge is 0.186 e. The maximum absolute atomic E-state index is 11.8. The van der Waals surface area contributed by atoms with Gasteiger partial charge in [-0.2, -0.15) is 5.10 Å². The lowest BCUT2D eigenvalue weighted by molar-refractivity contribution is 0.0988. The monoisotopic (exact) mass is 614 g/mol. The van der Waals surface area contributed by atoms with Crippen LogP contribution in [0.2, 0.25) is 0 Å². The third-order valence-electron chi connectivity index (χ3n) is 5.43. The van der Waals surface area contributed by atoms with E-state index >= 15 is 0 Å². The van der Waals surface area contributed by atoms with Gasteiger partial charge < -0.3 is 16.1 Å². The molecule has 11 heteroatoms. The second kappa shape index (κ2) is 21.2. The van der Waals surface area contributed by atoms with E-state index in [-0.39, 0.29) is 5.78 Å². The number of Topliss-reactive ketones (excluding diaryl/α,β-unsaturated/α-hetero) is 1. The molecule has 0 saturated heterocycles. The molecule has 2 aromatic carbocycles. The van der Waals surface area contributed by atoms with Crippen LogP contribution in [0.3, 0.4) is 0 Å². The van der Waals surface area contributed by atoms with E-state index in [0.29, 0.717) is 28.8 Å². The van der Waals surface area contributed by atoms with Gasteiger partial charge >= 0.3 is 0 Å². The van der Waals surface area contributed by atoms with Crippen molar-refractivity contribution in [2.24, 2.45) is 10.9 Å².